The number of benzene rings is 1. The summed E-state index contributed by atoms with van der Waals surface area (Å²) in [4.78, 5) is 23.2. The van der Waals surface area contributed by atoms with Crippen LogP contribution in [-0.4, -0.2) is 37.8 Å². The Bertz CT molecular complexity index is 531. The summed E-state index contributed by atoms with van der Waals surface area (Å²) in [5, 5.41) is 6.10. The Balaban J connectivity index is 3.15. The van der Waals surface area contributed by atoms with Crippen LogP contribution in [-0.2, 0) is 9.47 Å². The molecule has 108 valence electrons. The van der Waals surface area contributed by atoms with Crippen molar-refractivity contribution in [2.75, 3.05) is 26.1 Å². The van der Waals surface area contributed by atoms with Crippen molar-refractivity contribution in [3.8, 4) is 0 Å². The van der Waals surface area contributed by atoms with E-state index in [-0.39, 0.29) is 5.56 Å². The molecule has 0 aliphatic heterocycles. The van der Waals surface area contributed by atoms with E-state index in [0.29, 0.717) is 22.9 Å². The summed E-state index contributed by atoms with van der Waals surface area (Å²) >= 11 is 5.06. The van der Waals surface area contributed by atoms with Crippen LogP contribution in [0.15, 0.2) is 18.2 Å². The normalized spacial score (nSPS) is 9.55. The smallest absolute Gasteiger partial charge is 0.339 e. The molecule has 0 radical (unpaired) electrons. The number of thiocarbonyl (C=S) groups is 1. The summed E-state index contributed by atoms with van der Waals surface area (Å²) < 4.78 is 9.33. The van der Waals surface area contributed by atoms with Crippen molar-refractivity contribution in [3.05, 3.63) is 29.3 Å². The molecule has 20 heavy (non-hydrogen) atoms. The van der Waals surface area contributed by atoms with E-state index >= 15 is 0 Å². The highest BCUT2D eigenvalue weighted by Gasteiger charge is 2.16. The third-order valence-electron chi connectivity index (χ3n) is 2.43. The zero-order valence-corrected chi connectivity index (χ0v) is 12.3. The molecule has 0 amide bonds. The topological polar surface area (TPSA) is 76.7 Å². The van der Waals surface area contributed by atoms with Gasteiger partial charge in [0.2, 0.25) is 0 Å². The maximum atomic E-state index is 11.7. The number of rotatable bonds is 4. The van der Waals surface area contributed by atoms with E-state index in [9.17, 15) is 9.59 Å². The second kappa shape index (κ2) is 7.44. The molecule has 0 fully saturated rings. The van der Waals surface area contributed by atoms with Gasteiger partial charge in [-0.3, -0.25) is 0 Å². The molecule has 1 aromatic carbocycles. The van der Waals surface area contributed by atoms with Gasteiger partial charge in [-0.25, -0.2) is 9.59 Å². The van der Waals surface area contributed by atoms with Crippen LogP contribution in [0.3, 0.4) is 0 Å². The first kappa shape index (κ1) is 15.9. The van der Waals surface area contributed by atoms with Crippen LogP contribution in [0.4, 0.5) is 5.69 Å². The largest absolute Gasteiger partial charge is 0.465 e. The average molecular weight is 296 g/mol. The first-order chi connectivity index (χ1) is 9.53. The standard InChI is InChI=1S/C13H16N2O4S/c1-4-14-13(20)15-10-7-8(11(16)18-2)5-6-9(10)12(17)19-3/h5-7H,4H2,1-3H3,(H2,14,15,20). The van der Waals surface area contributed by atoms with Gasteiger partial charge in [0.15, 0.2) is 5.11 Å². The minimum absolute atomic E-state index is 0.278. The number of anilines is 1. The lowest BCUT2D eigenvalue weighted by molar-refractivity contribution is 0.0587. The van der Waals surface area contributed by atoms with Gasteiger partial charge >= 0.3 is 11.9 Å². The average Bonchev–Trinajstić information content (AvgIpc) is 2.45. The van der Waals surface area contributed by atoms with Gasteiger partial charge in [-0.05, 0) is 37.3 Å². The highest BCUT2D eigenvalue weighted by molar-refractivity contribution is 7.80. The van der Waals surface area contributed by atoms with Crippen molar-refractivity contribution in [1.82, 2.24) is 5.32 Å². The van der Waals surface area contributed by atoms with Crippen LogP contribution in [0.1, 0.15) is 27.6 Å². The summed E-state index contributed by atoms with van der Waals surface area (Å²) in [7, 11) is 2.57. The summed E-state index contributed by atoms with van der Waals surface area (Å²) in [6, 6.07) is 4.45. The minimum Gasteiger partial charge on any atom is -0.465 e. The molecule has 1 rings (SSSR count). The first-order valence-electron chi connectivity index (χ1n) is 5.89. The van der Waals surface area contributed by atoms with Crippen LogP contribution >= 0.6 is 12.2 Å². The number of methoxy groups -OCH3 is 2. The van der Waals surface area contributed by atoms with E-state index in [2.05, 4.69) is 20.1 Å². The summed E-state index contributed by atoms with van der Waals surface area (Å²) in [5.74, 6) is -1.03. The lowest BCUT2D eigenvalue weighted by Gasteiger charge is -2.13. The number of hydrogen-bond acceptors (Lipinski definition) is 5. The van der Waals surface area contributed by atoms with E-state index in [4.69, 9.17) is 12.2 Å². The molecule has 0 unspecified atom stereocenters. The second-order valence-electron chi connectivity index (χ2n) is 3.73. The summed E-state index contributed by atoms with van der Waals surface area (Å²) in [6.45, 7) is 2.52. The Morgan fingerprint density at radius 1 is 1.20 bits per heavy atom. The number of carbonyl (C=O) groups is 2. The molecular formula is C13H16N2O4S. The maximum absolute atomic E-state index is 11.7. The molecule has 0 spiro atoms. The van der Waals surface area contributed by atoms with Gasteiger partial charge in [0.1, 0.15) is 0 Å². The molecule has 0 bridgehead atoms. The van der Waals surface area contributed by atoms with Crippen LogP contribution in [0.25, 0.3) is 0 Å². The van der Waals surface area contributed by atoms with Crippen LogP contribution in [0.2, 0.25) is 0 Å². The molecule has 0 atom stereocenters. The third-order valence-corrected chi connectivity index (χ3v) is 2.68. The number of ether oxygens (including phenoxy) is 2. The van der Waals surface area contributed by atoms with E-state index < -0.39 is 11.9 Å². The maximum Gasteiger partial charge on any atom is 0.339 e. The van der Waals surface area contributed by atoms with E-state index in [1.807, 2.05) is 6.92 Å². The van der Waals surface area contributed by atoms with E-state index in [1.165, 1.54) is 32.4 Å². The Hall–Kier alpha value is -2.15. The Morgan fingerprint density at radius 3 is 2.40 bits per heavy atom. The molecule has 0 saturated heterocycles. The van der Waals surface area contributed by atoms with E-state index in [0.717, 1.165) is 0 Å². The molecule has 2 N–H and O–H groups in total. The Morgan fingerprint density at radius 2 is 1.85 bits per heavy atom. The summed E-state index contributed by atoms with van der Waals surface area (Å²) in [6.07, 6.45) is 0. The Kier molecular flexibility index (Phi) is 5.92. The molecule has 7 heteroatoms. The van der Waals surface area contributed by atoms with Gasteiger partial charge in [-0.15, -0.1) is 0 Å². The fourth-order valence-corrected chi connectivity index (χ4v) is 1.76. The van der Waals surface area contributed by atoms with Gasteiger partial charge in [-0.1, -0.05) is 0 Å². The zero-order chi connectivity index (χ0) is 15.1. The van der Waals surface area contributed by atoms with Gasteiger partial charge in [-0.2, -0.15) is 0 Å². The molecule has 6 nitrogen and oxygen atoms in total. The van der Waals surface area contributed by atoms with Gasteiger partial charge in [0, 0.05) is 6.54 Å². The predicted molar refractivity (Wildman–Crippen MR) is 79.0 cm³/mol. The van der Waals surface area contributed by atoms with Gasteiger partial charge in [0.05, 0.1) is 31.0 Å². The van der Waals surface area contributed by atoms with Crippen molar-refractivity contribution < 1.29 is 19.1 Å². The zero-order valence-electron chi connectivity index (χ0n) is 11.5. The van der Waals surface area contributed by atoms with Gasteiger partial charge in [0.25, 0.3) is 0 Å². The molecule has 0 saturated carbocycles. The minimum atomic E-state index is -0.525. The van der Waals surface area contributed by atoms with E-state index in [1.54, 1.807) is 0 Å². The SMILES string of the molecule is CCNC(=S)Nc1cc(C(=O)OC)ccc1C(=O)OC. The molecule has 0 aromatic heterocycles. The number of esters is 2. The lowest BCUT2D eigenvalue weighted by atomic mass is 10.1. The Labute approximate surface area is 122 Å². The highest BCUT2D eigenvalue weighted by atomic mass is 32.1. The van der Waals surface area contributed by atoms with Gasteiger partial charge < -0.3 is 20.1 Å². The van der Waals surface area contributed by atoms with Crippen molar-refractivity contribution in [1.29, 1.82) is 0 Å². The molecular weight excluding hydrogens is 280 g/mol. The lowest BCUT2D eigenvalue weighted by Crippen LogP contribution is -2.29. The summed E-state index contributed by atoms with van der Waals surface area (Å²) in [5.41, 5.74) is 0.966. The van der Waals surface area contributed by atoms with Crippen LogP contribution in [0.5, 0.6) is 0 Å². The monoisotopic (exact) mass is 296 g/mol. The number of nitrogens with one attached hydrogen (secondary N) is 2. The highest BCUT2D eigenvalue weighted by Crippen LogP contribution is 2.19. The quantitative estimate of drug-likeness (QED) is 0.645. The second-order valence-corrected chi connectivity index (χ2v) is 4.14. The molecule has 0 aliphatic rings. The third kappa shape index (κ3) is 3.92. The van der Waals surface area contributed by atoms with Crippen molar-refractivity contribution >= 4 is 35.0 Å². The molecule has 1 aromatic rings. The molecule has 0 aliphatic carbocycles. The predicted octanol–water partition coefficient (Wildman–Crippen LogP) is 1.57. The number of carbonyl (C=O) groups excluding carboxylic acids is 2. The fraction of sp³-hybridized carbons (Fsp3) is 0.308. The number of hydrogen-bond donors (Lipinski definition) is 2. The van der Waals surface area contributed by atoms with Crippen LogP contribution < -0.4 is 10.6 Å². The van der Waals surface area contributed by atoms with Crippen molar-refractivity contribution in [3.63, 3.8) is 0 Å². The van der Waals surface area contributed by atoms with Crippen molar-refractivity contribution in [2.24, 2.45) is 0 Å². The van der Waals surface area contributed by atoms with Crippen LogP contribution in [0, 0.1) is 0 Å². The first-order valence-corrected chi connectivity index (χ1v) is 6.29. The van der Waals surface area contributed by atoms with Crippen molar-refractivity contribution in [2.45, 2.75) is 6.92 Å². The molecule has 0 heterocycles. The fourth-order valence-electron chi connectivity index (χ4n) is 1.51.